The molecule has 0 aliphatic rings. The summed E-state index contributed by atoms with van der Waals surface area (Å²) in [5.74, 6) is -1.51. The van der Waals surface area contributed by atoms with Gasteiger partial charge < -0.3 is 23.8 Å². The van der Waals surface area contributed by atoms with Crippen molar-refractivity contribution in [2.75, 3.05) is 41.0 Å². The Balaban J connectivity index is 4.41. The summed E-state index contributed by atoms with van der Waals surface area (Å²) in [7, 11) is 5.51. The van der Waals surface area contributed by atoms with Gasteiger partial charge in [-0.15, -0.1) is 0 Å². The average Bonchev–Trinajstić information content (AvgIpc) is 3.11. The molecule has 8 nitrogen and oxygen atoms in total. The summed E-state index contributed by atoms with van der Waals surface area (Å²) < 4.78 is 17.2. The highest BCUT2D eigenvalue weighted by atomic mass is 16.6. The summed E-state index contributed by atoms with van der Waals surface area (Å²) in [5, 5.41) is 9.60. The van der Waals surface area contributed by atoms with Gasteiger partial charge in [0.1, 0.15) is 6.61 Å². The first-order chi connectivity index (χ1) is 25.6. The molecule has 0 spiro atoms. The fraction of sp³-hybridized carbons (Fsp3) is 0.756. The van der Waals surface area contributed by atoms with Crippen LogP contribution in [0, 0.1) is 0 Å². The molecular formula is C45H80NO7+. The van der Waals surface area contributed by atoms with Crippen molar-refractivity contribution < 1.29 is 38.2 Å². The number of carboxylic acids is 1. The SMILES string of the molecule is CC/C=C/C=C/C=C/CCCCCCCC(=O)OCC(COCCC(C(=O)O)[N+](C)(C)C)OC(=O)CCCCCCC/C=C/CCCCCCCCC. The Morgan fingerprint density at radius 2 is 1.08 bits per heavy atom. The second-order valence-electron chi connectivity index (χ2n) is 15.3. The van der Waals surface area contributed by atoms with Crippen LogP contribution < -0.4 is 0 Å². The van der Waals surface area contributed by atoms with E-state index >= 15 is 0 Å². The zero-order valence-corrected chi connectivity index (χ0v) is 34.7. The van der Waals surface area contributed by atoms with Gasteiger partial charge >= 0.3 is 17.9 Å². The average molecular weight is 747 g/mol. The first-order valence-electron chi connectivity index (χ1n) is 21.2. The zero-order valence-electron chi connectivity index (χ0n) is 34.7. The van der Waals surface area contributed by atoms with Gasteiger partial charge in [0.2, 0.25) is 0 Å². The van der Waals surface area contributed by atoms with Crippen LogP contribution in [0.3, 0.4) is 0 Å². The number of ether oxygens (including phenoxy) is 3. The molecule has 0 fully saturated rings. The largest absolute Gasteiger partial charge is 0.477 e. The molecule has 0 amide bonds. The monoisotopic (exact) mass is 747 g/mol. The Bertz CT molecular complexity index is 1010. The molecule has 306 valence electrons. The van der Waals surface area contributed by atoms with Crippen LogP contribution in [0.15, 0.2) is 48.6 Å². The number of esters is 2. The Kier molecular flexibility index (Phi) is 34.4. The molecule has 2 atom stereocenters. The predicted octanol–water partition coefficient (Wildman–Crippen LogP) is 11.2. The summed E-state index contributed by atoms with van der Waals surface area (Å²) in [6.07, 6.45) is 41.5. The standard InChI is InChI=1S/C45H79NO7/c1-6-8-10-12-14-16-18-20-21-22-24-26-28-30-32-34-36-44(48)53-41(39-51-38-37-42(45(49)50)46(3,4)5)40-52-43(47)35-33-31-29-27-25-23-19-17-15-13-11-9-7-2/h9,11,13,15,17,19,21-22,41-42H,6-8,10,12,14,16,18,20,23-40H2,1-5H3/p+1/b11-9+,15-13+,19-17+,22-21+. The van der Waals surface area contributed by atoms with Crippen molar-refractivity contribution in [3.05, 3.63) is 48.6 Å². The second-order valence-corrected chi connectivity index (χ2v) is 15.3. The summed E-state index contributed by atoms with van der Waals surface area (Å²) in [6, 6.07) is -0.619. The molecule has 0 bridgehead atoms. The van der Waals surface area contributed by atoms with E-state index in [0.29, 0.717) is 19.3 Å². The minimum absolute atomic E-state index is 0.0503. The third-order valence-electron chi connectivity index (χ3n) is 9.27. The maximum absolute atomic E-state index is 12.7. The molecular weight excluding hydrogens is 666 g/mol. The zero-order chi connectivity index (χ0) is 39.3. The molecule has 0 radical (unpaired) electrons. The van der Waals surface area contributed by atoms with Crippen molar-refractivity contribution in [1.29, 1.82) is 0 Å². The van der Waals surface area contributed by atoms with Crippen molar-refractivity contribution in [2.24, 2.45) is 0 Å². The number of unbranched alkanes of at least 4 members (excludes halogenated alkanes) is 17. The molecule has 0 rings (SSSR count). The highest BCUT2D eigenvalue weighted by Gasteiger charge is 2.31. The van der Waals surface area contributed by atoms with Crippen LogP contribution in [-0.2, 0) is 28.6 Å². The molecule has 0 aromatic rings. The number of carbonyl (C=O) groups excluding carboxylic acids is 2. The van der Waals surface area contributed by atoms with E-state index in [0.717, 1.165) is 77.0 Å². The van der Waals surface area contributed by atoms with Gasteiger partial charge in [-0.3, -0.25) is 9.59 Å². The van der Waals surface area contributed by atoms with Crippen LogP contribution in [0.2, 0.25) is 0 Å². The lowest BCUT2D eigenvalue weighted by Crippen LogP contribution is -2.50. The van der Waals surface area contributed by atoms with Crippen molar-refractivity contribution in [3.8, 4) is 0 Å². The molecule has 0 heterocycles. The lowest BCUT2D eigenvalue weighted by molar-refractivity contribution is -0.887. The highest BCUT2D eigenvalue weighted by molar-refractivity contribution is 5.72. The smallest absolute Gasteiger partial charge is 0.362 e. The van der Waals surface area contributed by atoms with E-state index < -0.39 is 18.1 Å². The number of likely N-dealkylation sites (N-methyl/N-ethyl adjacent to an activating group) is 1. The van der Waals surface area contributed by atoms with Crippen molar-refractivity contribution in [2.45, 2.75) is 180 Å². The van der Waals surface area contributed by atoms with E-state index in [1.807, 2.05) is 27.2 Å². The molecule has 2 unspecified atom stereocenters. The van der Waals surface area contributed by atoms with E-state index in [4.69, 9.17) is 14.2 Å². The Labute approximate surface area is 325 Å². The molecule has 53 heavy (non-hydrogen) atoms. The van der Waals surface area contributed by atoms with Crippen LogP contribution >= 0.6 is 0 Å². The molecule has 0 aromatic heterocycles. The van der Waals surface area contributed by atoms with Crippen LogP contribution in [0.25, 0.3) is 0 Å². The van der Waals surface area contributed by atoms with Gasteiger partial charge in [-0.25, -0.2) is 4.79 Å². The minimum Gasteiger partial charge on any atom is -0.477 e. The van der Waals surface area contributed by atoms with E-state index in [9.17, 15) is 19.5 Å². The first kappa shape index (κ1) is 50.3. The van der Waals surface area contributed by atoms with Gasteiger partial charge in [0.05, 0.1) is 34.4 Å². The Morgan fingerprint density at radius 1 is 0.585 bits per heavy atom. The number of rotatable bonds is 37. The number of hydrogen-bond acceptors (Lipinski definition) is 6. The molecule has 0 aliphatic heterocycles. The molecule has 8 heteroatoms. The normalized spacial score (nSPS) is 13.5. The van der Waals surface area contributed by atoms with Crippen molar-refractivity contribution in [1.82, 2.24) is 0 Å². The quantitative estimate of drug-likeness (QED) is 0.0222. The second kappa shape index (κ2) is 36.3. The minimum atomic E-state index is -0.881. The van der Waals surface area contributed by atoms with Crippen LogP contribution in [0.4, 0.5) is 0 Å². The van der Waals surface area contributed by atoms with Gasteiger partial charge in [0.15, 0.2) is 12.1 Å². The number of carbonyl (C=O) groups is 3. The van der Waals surface area contributed by atoms with Gasteiger partial charge in [-0.1, -0.05) is 140 Å². The van der Waals surface area contributed by atoms with Crippen LogP contribution in [0.5, 0.6) is 0 Å². The van der Waals surface area contributed by atoms with Gasteiger partial charge in [-0.05, 0) is 57.8 Å². The summed E-state index contributed by atoms with van der Waals surface area (Å²) in [4.78, 5) is 36.9. The van der Waals surface area contributed by atoms with Crippen molar-refractivity contribution in [3.63, 3.8) is 0 Å². The highest BCUT2D eigenvalue weighted by Crippen LogP contribution is 2.13. The number of hydrogen-bond donors (Lipinski definition) is 1. The lowest BCUT2D eigenvalue weighted by Gasteiger charge is -2.31. The number of aliphatic carboxylic acids is 1. The lowest BCUT2D eigenvalue weighted by atomic mass is 10.1. The summed E-state index contributed by atoms with van der Waals surface area (Å²) in [6.45, 7) is 4.56. The van der Waals surface area contributed by atoms with Gasteiger partial charge in [-0.2, -0.15) is 0 Å². The molecule has 1 N–H and O–H groups in total. The molecule has 0 saturated heterocycles. The first-order valence-corrected chi connectivity index (χ1v) is 21.2. The molecule has 0 saturated carbocycles. The van der Waals surface area contributed by atoms with E-state index in [-0.39, 0.29) is 36.2 Å². The summed E-state index contributed by atoms with van der Waals surface area (Å²) >= 11 is 0. The maximum Gasteiger partial charge on any atom is 0.362 e. The Morgan fingerprint density at radius 3 is 1.60 bits per heavy atom. The molecule has 0 aromatic carbocycles. The van der Waals surface area contributed by atoms with Crippen molar-refractivity contribution >= 4 is 17.9 Å². The fourth-order valence-corrected chi connectivity index (χ4v) is 5.97. The van der Waals surface area contributed by atoms with E-state index in [1.165, 1.54) is 57.8 Å². The third kappa shape index (κ3) is 34.8. The topological polar surface area (TPSA) is 99.1 Å². The number of quaternary nitrogens is 1. The van der Waals surface area contributed by atoms with Crippen LogP contribution in [-0.4, -0.2) is 80.6 Å². The maximum atomic E-state index is 12.7. The molecule has 0 aliphatic carbocycles. The summed E-state index contributed by atoms with van der Waals surface area (Å²) in [5.41, 5.74) is 0. The number of carboxylic acid groups (broad SMARTS) is 1. The predicted molar refractivity (Wildman–Crippen MR) is 220 cm³/mol. The van der Waals surface area contributed by atoms with Crippen LogP contribution in [0.1, 0.15) is 168 Å². The van der Waals surface area contributed by atoms with Gasteiger partial charge in [0.25, 0.3) is 0 Å². The van der Waals surface area contributed by atoms with Gasteiger partial charge in [0, 0.05) is 19.3 Å². The van der Waals surface area contributed by atoms with E-state index in [1.54, 1.807) is 0 Å². The third-order valence-corrected chi connectivity index (χ3v) is 9.27. The number of allylic oxidation sites excluding steroid dienone is 8. The van der Waals surface area contributed by atoms with E-state index in [2.05, 4.69) is 56.4 Å². The fourth-order valence-electron chi connectivity index (χ4n) is 5.97. The Hall–Kier alpha value is -2.71. The number of nitrogens with zero attached hydrogens (tertiary/aromatic N) is 1.